The Kier molecular flexibility index (Phi) is 6.06. The summed E-state index contributed by atoms with van der Waals surface area (Å²) in [6.07, 6.45) is 4.07. The van der Waals surface area contributed by atoms with Gasteiger partial charge in [-0.05, 0) is 50.8 Å². The molecule has 1 aliphatic heterocycles. The first kappa shape index (κ1) is 21.8. The van der Waals surface area contributed by atoms with E-state index in [9.17, 15) is 18.0 Å². The Morgan fingerprint density at radius 1 is 1.14 bits per heavy atom. The number of sulfonamides is 1. The van der Waals surface area contributed by atoms with Crippen molar-refractivity contribution in [2.75, 3.05) is 7.11 Å². The number of rotatable bonds is 7. The molecule has 0 bridgehead atoms. The molecule has 1 heterocycles. The first-order chi connectivity index (χ1) is 13.6. The predicted octanol–water partition coefficient (Wildman–Crippen LogP) is 2.84. The van der Waals surface area contributed by atoms with Crippen LogP contribution in [0.5, 0.6) is 5.75 Å². The molecule has 160 valence electrons. The van der Waals surface area contributed by atoms with Crippen molar-refractivity contribution >= 4 is 21.8 Å². The second-order valence-electron chi connectivity index (χ2n) is 8.59. The molecule has 1 aliphatic carbocycles. The van der Waals surface area contributed by atoms with Gasteiger partial charge in [-0.1, -0.05) is 25.8 Å². The van der Waals surface area contributed by atoms with E-state index < -0.39 is 15.6 Å². The Morgan fingerprint density at radius 2 is 1.72 bits per heavy atom. The van der Waals surface area contributed by atoms with Crippen molar-refractivity contribution in [2.45, 2.75) is 69.9 Å². The lowest BCUT2D eigenvalue weighted by Gasteiger charge is -2.25. The van der Waals surface area contributed by atoms with E-state index in [-0.39, 0.29) is 40.8 Å². The number of ether oxygens (including phenoxy) is 1. The summed E-state index contributed by atoms with van der Waals surface area (Å²) in [5.41, 5.74) is -0.0306. The number of hydrogen-bond donors (Lipinski definition) is 1. The molecule has 0 aromatic heterocycles. The molecule has 2 aliphatic rings. The third-order valence-electron chi connectivity index (χ3n) is 6.09. The second kappa shape index (κ2) is 8.07. The number of nitrogens with one attached hydrogen (secondary N) is 1. The third kappa shape index (κ3) is 4.33. The number of methoxy groups -OCH3 is 1. The zero-order valence-corrected chi connectivity index (χ0v) is 18.3. The highest BCUT2D eigenvalue weighted by Crippen LogP contribution is 2.39. The van der Waals surface area contributed by atoms with Crippen molar-refractivity contribution in [3.63, 3.8) is 0 Å². The highest BCUT2D eigenvalue weighted by molar-refractivity contribution is 7.89. The normalized spacial score (nSPS) is 22.7. The van der Waals surface area contributed by atoms with Gasteiger partial charge in [-0.25, -0.2) is 13.1 Å². The van der Waals surface area contributed by atoms with Crippen LogP contribution in [-0.2, 0) is 26.2 Å². The van der Waals surface area contributed by atoms with Crippen LogP contribution in [0.4, 0.5) is 0 Å². The molecule has 1 aromatic rings. The molecule has 1 saturated heterocycles. The second-order valence-corrected chi connectivity index (χ2v) is 10.2. The molecule has 2 fully saturated rings. The largest absolute Gasteiger partial charge is 0.495 e. The lowest BCUT2D eigenvalue weighted by molar-refractivity contribution is -0.140. The van der Waals surface area contributed by atoms with Crippen molar-refractivity contribution in [2.24, 2.45) is 11.8 Å². The van der Waals surface area contributed by atoms with Gasteiger partial charge in [0.25, 0.3) is 0 Å². The molecule has 2 amide bonds. The quantitative estimate of drug-likeness (QED) is 0.682. The lowest BCUT2D eigenvalue weighted by Crippen LogP contribution is -2.42. The maximum Gasteiger partial charge on any atom is 0.244 e. The molecule has 0 spiro atoms. The maximum atomic E-state index is 13.0. The molecule has 29 heavy (non-hydrogen) atoms. The van der Waals surface area contributed by atoms with Gasteiger partial charge in [-0.15, -0.1) is 0 Å². The number of likely N-dealkylation sites (tertiary alicyclic amines) is 1. The minimum atomic E-state index is -3.84. The number of amides is 2. The van der Waals surface area contributed by atoms with Crippen LogP contribution in [0.3, 0.4) is 0 Å². The summed E-state index contributed by atoms with van der Waals surface area (Å²) in [5, 5.41) is 0. The molecule has 8 heteroatoms. The lowest BCUT2D eigenvalue weighted by atomic mass is 9.81. The Morgan fingerprint density at radius 3 is 2.24 bits per heavy atom. The number of benzene rings is 1. The molecule has 3 rings (SSSR count). The molecule has 1 N–H and O–H groups in total. The minimum Gasteiger partial charge on any atom is -0.495 e. The number of carbonyl (C=O) groups excluding carboxylic acids is 2. The summed E-state index contributed by atoms with van der Waals surface area (Å²) in [7, 11) is -2.43. The van der Waals surface area contributed by atoms with E-state index in [1.807, 2.05) is 20.8 Å². The number of hydrogen-bond acceptors (Lipinski definition) is 5. The smallest absolute Gasteiger partial charge is 0.244 e. The van der Waals surface area contributed by atoms with Crippen LogP contribution in [0, 0.1) is 11.8 Å². The van der Waals surface area contributed by atoms with Crippen molar-refractivity contribution < 1.29 is 22.7 Å². The summed E-state index contributed by atoms with van der Waals surface area (Å²) >= 11 is 0. The van der Waals surface area contributed by atoms with Gasteiger partial charge in [0, 0.05) is 5.54 Å². The average Bonchev–Trinajstić information content (AvgIpc) is 2.92. The fourth-order valence-corrected chi connectivity index (χ4v) is 5.79. The van der Waals surface area contributed by atoms with Gasteiger partial charge in [0.1, 0.15) is 10.6 Å². The van der Waals surface area contributed by atoms with E-state index in [2.05, 4.69) is 4.72 Å². The molecule has 1 aromatic carbocycles. The van der Waals surface area contributed by atoms with Crippen LogP contribution >= 0.6 is 0 Å². The van der Waals surface area contributed by atoms with Gasteiger partial charge in [-0.3, -0.25) is 14.5 Å². The van der Waals surface area contributed by atoms with Crippen LogP contribution in [0.1, 0.15) is 58.4 Å². The van der Waals surface area contributed by atoms with E-state index in [4.69, 9.17) is 4.74 Å². The van der Waals surface area contributed by atoms with Crippen LogP contribution < -0.4 is 9.46 Å². The standard InChI is InChI=1S/C21H30N2O5S/c1-5-21(2,3)22-29(26,27)18-12-14(10-11-17(18)28-4)13-23-19(24)15-8-6-7-9-16(15)20(23)25/h10-12,15-16,22H,5-9,13H2,1-4H3. The number of imide groups is 1. The fourth-order valence-electron chi connectivity index (χ4n) is 4.09. The van der Waals surface area contributed by atoms with Gasteiger partial charge in [0.05, 0.1) is 25.5 Å². The maximum absolute atomic E-state index is 13.0. The summed E-state index contributed by atoms with van der Waals surface area (Å²) in [5.74, 6) is -0.481. The van der Waals surface area contributed by atoms with Crippen LogP contribution in [0.2, 0.25) is 0 Å². The number of carbonyl (C=O) groups is 2. The van der Waals surface area contributed by atoms with E-state index in [1.165, 1.54) is 18.1 Å². The van der Waals surface area contributed by atoms with Gasteiger partial charge in [-0.2, -0.15) is 0 Å². The van der Waals surface area contributed by atoms with E-state index >= 15 is 0 Å². The fraction of sp³-hybridized carbons (Fsp3) is 0.619. The first-order valence-corrected chi connectivity index (χ1v) is 11.6. The summed E-state index contributed by atoms with van der Waals surface area (Å²) < 4.78 is 33.9. The van der Waals surface area contributed by atoms with Gasteiger partial charge < -0.3 is 4.74 Å². The Bertz CT molecular complexity index is 886. The van der Waals surface area contributed by atoms with Crippen molar-refractivity contribution in [1.82, 2.24) is 9.62 Å². The molecule has 7 nitrogen and oxygen atoms in total. The molecule has 2 atom stereocenters. The summed E-state index contributed by atoms with van der Waals surface area (Å²) in [6, 6.07) is 4.77. The van der Waals surface area contributed by atoms with Crippen molar-refractivity contribution in [1.29, 1.82) is 0 Å². The average molecular weight is 423 g/mol. The highest BCUT2D eigenvalue weighted by Gasteiger charge is 2.48. The molecule has 0 radical (unpaired) electrons. The Hall–Kier alpha value is -1.93. The summed E-state index contributed by atoms with van der Waals surface area (Å²) in [6.45, 7) is 5.60. The highest BCUT2D eigenvalue weighted by atomic mass is 32.2. The van der Waals surface area contributed by atoms with Crippen LogP contribution in [-0.4, -0.2) is 37.8 Å². The van der Waals surface area contributed by atoms with Gasteiger partial charge in [0.15, 0.2) is 0 Å². The zero-order chi connectivity index (χ0) is 21.4. The van der Waals surface area contributed by atoms with Crippen LogP contribution in [0.15, 0.2) is 23.1 Å². The molecular formula is C21H30N2O5S. The SMILES string of the molecule is CCC(C)(C)NS(=O)(=O)c1cc(CN2C(=O)C3CCCCC3C2=O)ccc1OC. The van der Waals surface area contributed by atoms with Gasteiger partial charge in [0.2, 0.25) is 21.8 Å². The Labute approximate surface area is 172 Å². The Balaban J connectivity index is 1.89. The van der Waals surface area contributed by atoms with Gasteiger partial charge >= 0.3 is 0 Å². The van der Waals surface area contributed by atoms with Crippen molar-refractivity contribution in [3.05, 3.63) is 23.8 Å². The molecule has 2 unspecified atom stereocenters. The van der Waals surface area contributed by atoms with Crippen LogP contribution in [0.25, 0.3) is 0 Å². The van der Waals surface area contributed by atoms with E-state index in [0.29, 0.717) is 12.0 Å². The minimum absolute atomic E-state index is 0.00976. The zero-order valence-electron chi connectivity index (χ0n) is 17.5. The predicted molar refractivity (Wildman–Crippen MR) is 109 cm³/mol. The molecular weight excluding hydrogens is 392 g/mol. The van der Waals surface area contributed by atoms with E-state index in [1.54, 1.807) is 12.1 Å². The van der Waals surface area contributed by atoms with Crippen molar-refractivity contribution in [3.8, 4) is 5.75 Å². The topological polar surface area (TPSA) is 92.8 Å². The third-order valence-corrected chi connectivity index (χ3v) is 7.80. The number of nitrogens with zero attached hydrogens (tertiary/aromatic N) is 1. The monoisotopic (exact) mass is 422 g/mol. The first-order valence-electron chi connectivity index (χ1n) is 10.2. The molecule has 1 saturated carbocycles. The van der Waals surface area contributed by atoms with E-state index in [0.717, 1.165) is 25.7 Å². The summed E-state index contributed by atoms with van der Waals surface area (Å²) in [4.78, 5) is 26.8. The number of fused-ring (bicyclic) bond motifs is 1.